The third-order valence-corrected chi connectivity index (χ3v) is 3.86. The predicted octanol–water partition coefficient (Wildman–Crippen LogP) is 2.17. The largest absolute Gasteiger partial charge is 0.389 e. The molecule has 4 heteroatoms. The van der Waals surface area contributed by atoms with E-state index in [0.29, 0.717) is 19.5 Å². The molecule has 20 heavy (non-hydrogen) atoms. The first kappa shape index (κ1) is 15.1. The second-order valence-electron chi connectivity index (χ2n) is 5.95. The molecule has 0 aliphatic heterocycles. The average molecular weight is 279 g/mol. The van der Waals surface area contributed by atoms with E-state index in [2.05, 4.69) is 0 Å². The summed E-state index contributed by atoms with van der Waals surface area (Å²) in [5.41, 5.74) is 0.203. The van der Waals surface area contributed by atoms with Crippen molar-refractivity contribution in [3.63, 3.8) is 0 Å². The van der Waals surface area contributed by atoms with Gasteiger partial charge < -0.3 is 5.11 Å². The Bertz CT molecular complexity index is 452. The normalized spacial score (nSPS) is 17.6. The van der Waals surface area contributed by atoms with Gasteiger partial charge in [0.2, 0.25) is 0 Å². The lowest BCUT2D eigenvalue weighted by atomic mass is 10.0. The van der Waals surface area contributed by atoms with Gasteiger partial charge in [0.25, 0.3) is 0 Å². The van der Waals surface area contributed by atoms with E-state index < -0.39 is 5.60 Å². The Labute approximate surface area is 119 Å². The first-order chi connectivity index (χ1) is 9.47. The Balaban J connectivity index is 1.80. The molecule has 1 aliphatic rings. The van der Waals surface area contributed by atoms with Crippen molar-refractivity contribution in [2.45, 2.75) is 37.7 Å². The quantitative estimate of drug-likeness (QED) is 0.867. The zero-order chi connectivity index (χ0) is 14.6. The van der Waals surface area contributed by atoms with Crippen LogP contribution in [0.25, 0.3) is 0 Å². The standard InChI is InChI=1S/C16H22FNO2/c1-18(12-16(20)8-2-3-9-16)11-15(19)10-13-4-6-14(17)7-5-13/h4-7,20H,2-3,8-12H2,1H3. The molecule has 1 fully saturated rings. The van der Waals surface area contributed by atoms with Crippen molar-refractivity contribution in [3.05, 3.63) is 35.6 Å². The number of Topliss-reactive ketones (excluding diaryl/α,β-unsaturated/α-hetero) is 1. The third-order valence-electron chi connectivity index (χ3n) is 3.86. The van der Waals surface area contributed by atoms with Gasteiger partial charge in [-0.2, -0.15) is 0 Å². The molecule has 1 N–H and O–H groups in total. The van der Waals surface area contributed by atoms with Crippen molar-refractivity contribution < 1.29 is 14.3 Å². The van der Waals surface area contributed by atoms with Gasteiger partial charge in [0.15, 0.2) is 5.78 Å². The van der Waals surface area contributed by atoms with Crippen LogP contribution in [0, 0.1) is 5.82 Å². The number of nitrogens with zero attached hydrogens (tertiary/aromatic N) is 1. The van der Waals surface area contributed by atoms with Crippen molar-refractivity contribution in [1.82, 2.24) is 4.90 Å². The van der Waals surface area contributed by atoms with Crippen LogP contribution in [0.5, 0.6) is 0 Å². The summed E-state index contributed by atoms with van der Waals surface area (Å²) in [6.07, 6.45) is 4.08. The van der Waals surface area contributed by atoms with Crippen LogP contribution in [-0.2, 0) is 11.2 Å². The monoisotopic (exact) mass is 279 g/mol. The van der Waals surface area contributed by atoms with Crippen LogP contribution in [0.2, 0.25) is 0 Å². The summed E-state index contributed by atoms with van der Waals surface area (Å²) in [5, 5.41) is 10.3. The third kappa shape index (κ3) is 4.39. The van der Waals surface area contributed by atoms with Crippen molar-refractivity contribution in [2.75, 3.05) is 20.1 Å². The van der Waals surface area contributed by atoms with Gasteiger partial charge in [0, 0.05) is 13.0 Å². The maximum atomic E-state index is 12.8. The van der Waals surface area contributed by atoms with Crippen molar-refractivity contribution >= 4 is 5.78 Å². The molecule has 110 valence electrons. The van der Waals surface area contributed by atoms with Crippen LogP contribution >= 0.6 is 0 Å². The molecule has 0 bridgehead atoms. The summed E-state index contributed by atoms with van der Waals surface area (Å²) in [7, 11) is 1.86. The molecule has 0 spiro atoms. The highest BCUT2D eigenvalue weighted by atomic mass is 19.1. The summed E-state index contributed by atoms with van der Waals surface area (Å²) in [6.45, 7) is 0.863. The number of benzene rings is 1. The van der Waals surface area contributed by atoms with Gasteiger partial charge in [-0.3, -0.25) is 9.69 Å². The Hall–Kier alpha value is -1.26. The summed E-state index contributed by atoms with van der Waals surface area (Å²) >= 11 is 0. The Morgan fingerprint density at radius 1 is 1.30 bits per heavy atom. The van der Waals surface area contributed by atoms with Crippen LogP contribution in [0.3, 0.4) is 0 Å². The summed E-state index contributed by atoms with van der Waals surface area (Å²) < 4.78 is 12.8. The fourth-order valence-corrected chi connectivity index (χ4v) is 2.94. The molecule has 2 rings (SSSR count). The predicted molar refractivity (Wildman–Crippen MR) is 76.0 cm³/mol. The summed E-state index contributed by atoms with van der Waals surface area (Å²) in [6, 6.07) is 6.01. The molecule has 1 aromatic carbocycles. The van der Waals surface area contributed by atoms with Gasteiger partial charge in [0.05, 0.1) is 12.1 Å². The van der Waals surface area contributed by atoms with E-state index in [1.54, 1.807) is 12.1 Å². The molecule has 0 saturated heterocycles. The highest BCUT2D eigenvalue weighted by molar-refractivity contribution is 5.82. The molecular weight excluding hydrogens is 257 g/mol. The molecule has 0 radical (unpaired) electrons. The van der Waals surface area contributed by atoms with E-state index >= 15 is 0 Å². The Morgan fingerprint density at radius 2 is 1.90 bits per heavy atom. The van der Waals surface area contributed by atoms with E-state index in [1.165, 1.54) is 12.1 Å². The highest BCUT2D eigenvalue weighted by Crippen LogP contribution is 2.29. The van der Waals surface area contributed by atoms with Gasteiger partial charge in [-0.15, -0.1) is 0 Å². The SMILES string of the molecule is CN(CC(=O)Cc1ccc(F)cc1)CC1(O)CCCC1. The van der Waals surface area contributed by atoms with E-state index in [9.17, 15) is 14.3 Å². The molecule has 1 aliphatic carbocycles. The number of ketones is 1. The van der Waals surface area contributed by atoms with E-state index in [0.717, 1.165) is 31.2 Å². The highest BCUT2D eigenvalue weighted by Gasteiger charge is 2.32. The molecular formula is C16H22FNO2. The topological polar surface area (TPSA) is 40.5 Å². The molecule has 0 unspecified atom stereocenters. The van der Waals surface area contributed by atoms with Crippen LogP contribution in [0.15, 0.2) is 24.3 Å². The number of aliphatic hydroxyl groups is 1. The van der Waals surface area contributed by atoms with E-state index in [4.69, 9.17) is 0 Å². The second kappa shape index (κ2) is 6.46. The van der Waals surface area contributed by atoms with Crippen molar-refractivity contribution in [1.29, 1.82) is 0 Å². The van der Waals surface area contributed by atoms with Crippen molar-refractivity contribution in [3.8, 4) is 0 Å². The van der Waals surface area contributed by atoms with E-state index in [1.807, 2.05) is 11.9 Å². The first-order valence-electron chi connectivity index (χ1n) is 7.14. The average Bonchev–Trinajstić information content (AvgIpc) is 2.78. The minimum atomic E-state index is -0.620. The number of hydrogen-bond donors (Lipinski definition) is 1. The number of likely N-dealkylation sites (N-methyl/N-ethyl adjacent to an activating group) is 1. The number of carbonyl (C=O) groups is 1. The molecule has 0 aromatic heterocycles. The van der Waals surface area contributed by atoms with Gasteiger partial charge >= 0.3 is 0 Å². The minimum Gasteiger partial charge on any atom is -0.389 e. The van der Waals surface area contributed by atoms with Gasteiger partial charge in [-0.1, -0.05) is 25.0 Å². The Kier molecular flexibility index (Phi) is 4.89. The number of carbonyl (C=O) groups excluding carboxylic acids is 1. The molecule has 1 aromatic rings. The molecule has 0 amide bonds. The van der Waals surface area contributed by atoms with Gasteiger partial charge in [-0.05, 0) is 37.6 Å². The maximum absolute atomic E-state index is 12.8. The molecule has 0 atom stereocenters. The zero-order valence-electron chi connectivity index (χ0n) is 11.9. The first-order valence-corrected chi connectivity index (χ1v) is 7.14. The lowest BCUT2D eigenvalue weighted by molar-refractivity contribution is -0.119. The van der Waals surface area contributed by atoms with Crippen LogP contribution in [0.4, 0.5) is 4.39 Å². The minimum absolute atomic E-state index is 0.0840. The fraction of sp³-hybridized carbons (Fsp3) is 0.562. The molecule has 3 nitrogen and oxygen atoms in total. The van der Waals surface area contributed by atoms with Crippen molar-refractivity contribution in [2.24, 2.45) is 0 Å². The lowest BCUT2D eigenvalue weighted by Gasteiger charge is -2.28. The van der Waals surface area contributed by atoms with Crippen LogP contribution < -0.4 is 0 Å². The lowest BCUT2D eigenvalue weighted by Crippen LogP contribution is -2.41. The maximum Gasteiger partial charge on any atom is 0.151 e. The molecule has 1 saturated carbocycles. The zero-order valence-corrected chi connectivity index (χ0v) is 11.9. The van der Waals surface area contributed by atoms with E-state index in [-0.39, 0.29) is 11.6 Å². The second-order valence-corrected chi connectivity index (χ2v) is 5.95. The number of rotatable bonds is 6. The number of halogens is 1. The van der Waals surface area contributed by atoms with Crippen LogP contribution in [-0.4, -0.2) is 41.5 Å². The summed E-state index contributed by atoms with van der Waals surface area (Å²) in [5.74, 6) is -0.206. The fourth-order valence-electron chi connectivity index (χ4n) is 2.94. The molecule has 0 heterocycles. The van der Waals surface area contributed by atoms with Crippen LogP contribution in [0.1, 0.15) is 31.2 Å². The van der Waals surface area contributed by atoms with Gasteiger partial charge in [-0.25, -0.2) is 4.39 Å². The smallest absolute Gasteiger partial charge is 0.151 e. The summed E-state index contributed by atoms with van der Waals surface area (Å²) in [4.78, 5) is 13.9. The Morgan fingerprint density at radius 3 is 2.50 bits per heavy atom. The number of hydrogen-bond acceptors (Lipinski definition) is 3. The van der Waals surface area contributed by atoms with Gasteiger partial charge in [0.1, 0.15) is 5.82 Å².